The van der Waals surface area contributed by atoms with Gasteiger partial charge in [-0.1, -0.05) is 12.1 Å². The number of hydrogen-bond acceptors (Lipinski definition) is 6. The number of amides is 2. The monoisotopic (exact) mass is 407 g/mol. The lowest BCUT2D eigenvalue weighted by molar-refractivity contribution is -0.143. The highest BCUT2D eigenvalue weighted by Gasteiger charge is 2.27. The second kappa shape index (κ2) is 9.56. The number of nitriles is 1. The molecule has 0 fully saturated rings. The lowest BCUT2D eigenvalue weighted by Gasteiger charge is -2.19. The first kappa shape index (κ1) is 20.9. The van der Waals surface area contributed by atoms with E-state index in [-0.39, 0.29) is 44.5 Å². The van der Waals surface area contributed by atoms with Crippen molar-refractivity contribution in [2.45, 2.75) is 20.0 Å². The molecular weight excluding hydrogens is 386 g/mol. The van der Waals surface area contributed by atoms with Crippen molar-refractivity contribution in [2.75, 3.05) is 25.0 Å². The molecule has 154 valence electrons. The van der Waals surface area contributed by atoms with Gasteiger partial charge in [0.15, 0.2) is 0 Å². The third kappa shape index (κ3) is 5.14. The Bertz CT molecular complexity index is 995. The number of nitrogens with zero attached hydrogens (tertiary/aromatic N) is 2. The van der Waals surface area contributed by atoms with Crippen LogP contribution in [0.25, 0.3) is 0 Å². The number of nitrogens with one attached hydrogen (secondary N) is 1. The van der Waals surface area contributed by atoms with Gasteiger partial charge in [0, 0.05) is 6.54 Å². The minimum absolute atomic E-state index is 0.0110. The SMILES string of the molecule is CCOC(=O)CCN1CC(=O)Nc2ccc(OCc3ccc(C#N)cc3)cc2C1=O. The zero-order valence-corrected chi connectivity index (χ0v) is 16.5. The summed E-state index contributed by atoms with van der Waals surface area (Å²) in [6.45, 7) is 2.17. The van der Waals surface area contributed by atoms with Gasteiger partial charge in [-0.05, 0) is 42.8 Å². The number of benzene rings is 2. The van der Waals surface area contributed by atoms with Gasteiger partial charge in [-0.15, -0.1) is 0 Å². The quantitative estimate of drug-likeness (QED) is 0.707. The molecule has 3 rings (SSSR count). The van der Waals surface area contributed by atoms with E-state index < -0.39 is 5.97 Å². The molecule has 0 spiro atoms. The van der Waals surface area contributed by atoms with E-state index in [1.165, 1.54) is 4.90 Å². The van der Waals surface area contributed by atoms with Crippen molar-refractivity contribution >= 4 is 23.5 Å². The van der Waals surface area contributed by atoms with Crippen LogP contribution < -0.4 is 10.1 Å². The van der Waals surface area contributed by atoms with Crippen LogP contribution in [0, 0.1) is 11.3 Å². The molecular formula is C22H21N3O5. The third-order valence-corrected chi connectivity index (χ3v) is 4.50. The average molecular weight is 407 g/mol. The van der Waals surface area contributed by atoms with Crippen molar-refractivity contribution in [3.63, 3.8) is 0 Å². The predicted octanol–water partition coefficient (Wildman–Crippen LogP) is 2.48. The number of carbonyl (C=O) groups excluding carboxylic acids is 3. The molecule has 0 unspecified atom stereocenters. The van der Waals surface area contributed by atoms with Gasteiger partial charge in [0.1, 0.15) is 18.9 Å². The Hall–Kier alpha value is -3.86. The topological polar surface area (TPSA) is 109 Å². The van der Waals surface area contributed by atoms with Crippen LogP contribution in [0.2, 0.25) is 0 Å². The Morgan fingerprint density at radius 2 is 1.97 bits per heavy atom. The van der Waals surface area contributed by atoms with Crippen LogP contribution in [0.3, 0.4) is 0 Å². The van der Waals surface area contributed by atoms with Crippen LogP contribution in [0.15, 0.2) is 42.5 Å². The summed E-state index contributed by atoms with van der Waals surface area (Å²) in [5.74, 6) is -0.656. The smallest absolute Gasteiger partial charge is 0.307 e. The first-order chi connectivity index (χ1) is 14.5. The van der Waals surface area contributed by atoms with Crippen LogP contribution in [-0.2, 0) is 20.9 Å². The fourth-order valence-corrected chi connectivity index (χ4v) is 2.99. The second-order valence-electron chi connectivity index (χ2n) is 6.63. The molecule has 8 nitrogen and oxygen atoms in total. The zero-order chi connectivity index (χ0) is 21.5. The van der Waals surface area contributed by atoms with Crippen LogP contribution in [0.1, 0.15) is 34.8 Å². The van der Waals surface area contributed by atoms with Gasteiger partial charge in [-0.25, -0.2) is 0 Å². The van der Waals surface area contributed by atoms with E-state index in [0.717, 1.165) is 5.56 Å². The van der Waals surface area contributed by atoms with Gasteiger partial charge in [0.05, 0.1) is 35.9 Å². The van der Waals surface area contributed by atoms with E-state index in [1.54, 1.807) is 49.4 Å². The van der Waals surface area contributed by atoms with Gasteiger partial charge in [0.25, 0.3) is 5.91 Å². The van der Waals surface area contributed by atoms with E-state index in [4.69, 9.17) is 14.7 Å². The van der Waals surface area contributed by atoms with Crippen molar-refractivity contribution in [3.05, 3.63) is 59.2 Å². The number of ether oxygens (including phenoxy) is 2. The normalized spacial score (nSPS) is 13.0. The van der Waals surface area contributed by atoms with Crippen molar-refractivity contribution in [1.29, 1.82) is 5.26 Å². The molecule has 2 aromatic carbocycles. The van der Waals surface area contributed by atoms with Gasteiger partial charge in [-0.2, -0.15) is 5.26 Å². The van der Waals surface area contributed by atoms with Crippen LogP contribution in [0.5, 0.6) is 5.75 Å². The average Bonchev–Trinajstić information content (AvgIpc) is 2.87. The maximum absolute atomic E-state index is 12.9. The minimum Gasteiger partial charge on any atom is -0.489 e. The van der Waals surface area contributed by atoms with Gasteiger partial charge in [-0.3, -0.25) is 14.4 Å². The third-order valence-electron chi connectivity index (χ3n) is 4.50. The predicted molar refractivity (Wildman–Crippen MR) is 108 cm³/mol. The fraction of sp³-hybridized carbons (Fsp3) is 0.273. The van der Waals surface area contributed by atoms with Gasteiger partial charge >= 0.3 is 5.97 Å². The number of esters is 1. The first-order valence-corrected chi connectivity index (χ1v) is 9.50. The highest BCUT2D eigenvalue weighted by molar-refractivity contribution is 6.08. The summed E-state index contributed by atoms with van der Waals surface area (Å²) in [4.78, 5) is 38.0. The summed E-state index contributed by atoms with van der Waals surface area (Å²) in [7, 11) is 0. The molecule has 1 N–H and O–H groups in total. The van der Waals surface area contributed by atoms with Crippen LogP contribution >= 0.6 is 0 Å². The van der Waals surface area contributed by atoms with Gasteiger partial charge < -0.3 is 19.7 Å². The summed E-state index contributed by atoms with van der Waals surface area (Å²) >= 11 is 0. The molecule has 1 heterocycles. The molecule has 0 aromatic heterocycles. The Labute approximate surface area is 174 Å². The summed E-state index contributed by atoms with van der Waals surface area (Å²) in [5.41, 5.74) is 2.13. The molecule has 0 atom stereocenters. The van der Waals surface area contributed by atoms with Crippen LogP contribution in [-0.4, -0.2) is 42.4 Å². The first-order valence-electron chi connectivity index (χ1n) is 9.50. The molecule has 30 heavy (non-hydrogen) atoms. The second-order valence-corrected chi connectivity index (χ2v) is 6.63. The molecule has 0 radical (unpaired) electrons. The van der Waals surface area contributed by atoms with E-state index in [1.807, 2.05) is 0 Å². The fourth-order valence-electron chi connectivity index (χ4n) is 2.99. The lowest BCUT2D eigenvalue weighted by atomic mass is 10.1. The molecule has 0 saturated carbocycles. The lowest BCUT2D eigenvalue weighted by Crippen LogP contribution is -2.36. The largest absolute Gasteiger partial charge is 0.489 e. The molecule has 2 amide bonds. The highest BCUT2D eigenvalue weighted by atomic mass is 16.5. The maximum atomic E-state index is 12.9. The number of hydrogen-bond donors (Lipinski definition) is 1. The molecule has 0 bridgehead atoms. The number of fused-ring (bicyclic) bond motifs is 1. The van der Waals surface area contributed by atoms with Crippen molar-refractivity contribution in [1.82, 2.24) is 4.90 Å². The number of rotatable bonds is 7. The number of carbonyl (C=O) groups is 3. The Morgan fingerprint density at radius 3 is 2.67 bits per heavy atom. The molecule has 1 aliphatic rings. The standard InChI is InChI=1S/C22H21N3O5/c1-2-29-21(27)9-10-25-13-20(26)24-19-8-7-17(11-18(19)22(25)28)30-14-16-5-3-15(12-23)4-6-16/h3-8,11H,2,9-10,13-14H2,1H3,(H,24,26). The van der Waals surface area contributed by atoms with Gasteiger partial charge in [0.2, 0.25) is 5.91 Å². The number of anilines is 1. The Kier molecular flexibility index (Phi) is 6.65. The van der Waals surface area contributed by atoms with Crippen LogP contribution in [0.4, 0.5) is 5.69 Å². The molecule has 2 aromatic rings. The minimum atomic E-state index is -0.422. The molecule has 0 saturated heterocycles. The zero-order valence-electron chi connectivity index (χ0n) is 16.5. The summed E-state index contributed by atoms with van der Waals surface area (Å²) < 4.78 is 10.7. The molecule has 8 heteroatoms. The van der Waals surface area contributed by atoms with E-state index in [0.29, 0.717) is 22.6 Å². The van der Waals surface area contributed by atoms with Crippen molar-refractivity contribution in [2.24, 2.45) is 0 Å². The van der Waals surface area contributed by atoms with Crippen molar-refractivity contribution < 1.29 is 23.9 Å². The van der Waals surface area contributed by atoms with E-state index >= 15 is 0 Å². The Balaban J connectivity index is 1.73. The molecule has 0 aliphatic carbocycles. The maximum Gasteiger partial charge on any atom is 0.307 e. The summed E-state index contributed by atoms with van der Waals surface area (Å²) in [6, 6.07) is 13.9. The summed E-state index contributed by atoms with van der Waals surface area (Å²) in [5, 5.41) is 11.6. The summed E-state index contributed by atoms with van der Waals surface area (Å²) in [6.07, 6.45) is 0.0110. The van der Waals surface area contributed by atoms with Crippen molar-refractivity contribution in [3.8, 4) is 11.8 Å². The molecule has 1 aliphatic heterocycles. The van der Waals surface area contributed by atoms with E-state index in [9.17, 15) is 14.4 Å². The van der Waals surface area contributed by atoms with E-state index in [2.05, 4.69) is 11.4 Å². The highest BCUT2D eigenvalue weighted by Crippen LogP contribution is 2.26. The Morgan fingerprint density at radius 1 is 1.20 bits per heavy atom.